The molecule has 0 N–H and O–H groups in total. The van der Waals surface area contributed by atoms with E-state index < -0.39 is 14.9 Å². The first-order valence-electron chi connectivity index (χ1n) is 5.34. The number of rotatable bonds is 1. The highest BCUT2D eigenvalue weighted by Gasteiger charge is 2.46. The van der Waals surface area contributed by atoms with Gasteiger partial charge in [0.15, 0.2) is 0 Å². The van der Waals surface area contributed by atoms with Crippen molar-refractivity contribution in [3.63, 3.8) is 0 Å². The lowest BCUT2D eigenvalue weighted by Gasteiger charge is -2.15. The molecule has 2 rings (SSSR count). The fourth-order valence-electron chi connectivity index (χ4n) is 1.81. The molecule has 0 radical (unpaired) electrons. The van der Waals surface area contributed by atoms with Crippen molar-refractivity contribution in [2.24, 2.45) is 0 Å². The average molecular weight is 240 g/mol. The maximum absolute atomic E-state index is 11.8. The lowest BCUT2D eigenvalue weighted by molar-refractivity contribution is 0.480. The van der Waals surface area contributed by atoms with Gasteiger partial charge in [-0.05, 0) is 31.4 Å². The van der Waals surface area contributed by atoms with E-state index in [1.54, 1.807) is 19.9 Å². The van der Waals surface area contributed by atoms with Crippen molar-refractivity contribution in [3.05, 3.63) is 29.3 Å². The SMILES string of the molecule is CC(C)c1ccc2c(c1)C(C)(C)S(=O)(=O)O2. The molecule has 0 spiro atoms. The summed E-state index contributed by atoms with van der Waals surface area (Å²) in [5, 5.41) is 0. The Morgan fingerprint density at radius 2 is 1.88 bits per heavy atom. The van der Waals surface area contributed by atoms with Crippen molar-refractivity contribution < 1.29 is 12.6 Å². The number of hydrogen-bond acceptors (Lipinski definition) is 3. The summed E-state index contributed by atoms with van der Waals surface area (Å²) in [6, 6.07) is 5.60. The van der Waals surface area contributed by atoms with Gasteiger partial charge in [0.25, 0.3) is 0 Å². The van der Waals surface area contributed by atoms with Crippen molar-refractivity contribution in [2.75, 3.05) is 0 Å². The molecule has 0 amide bonds. The summed E-state index contributed by atoms with van der Waals surface area (Å²) in [5.41, 5.74) is 1.89. The Hall–Kier alpha value is -1.03. The van der Waals surface area contributed by atoms with Gasteiger partial charge in [0.2, 0.25) is 0 Å². The van der Waals surface area contributed by atoms with Crippen LogP contribution in [0.15, 0.2) is 18.2 Å². The van der Waals surface area contributed by atoms with Crippen LogP contribution in [0.4, 0.5) is 0 Å². The molecule has 1 aliphatic heterocycles. The smallest absolute Gasteiger partial charge is 0.318 e. The van der Waals surface area contributed by atoms with Gasteiger partial charge in [0.05, 0.1) is 0 Å². The van der Waals surface area contributed by atoms with E-state index in [9.17, 15) is 8.42 Å². The van der Waals surface area contributed by atoms with Gasteiger partial charge in [-0.15, -0.1) is 0 Å². The van der Waals surface area contributed by atoms with Crippen LogP contribution >= 0.6 is 0 Å². The van der Waals surface area contributed by atoms with Crippen LogP contribution < -0.4 is 4.18 Å². The third-order valence-corrected chi connectivity index (χ3v) is 5.01. The van der Waals surface area contributed by atoms with E-state index in [2.05, 4.69) is 13.8 Å². The topological polar surface area (TPSA) is 43.4 Å². The van der Waals surface area contributed by atoms with Gasteiger partial charge in [0, 0.05) is 5.56 Å². The molecule has 88 valence electrons. The highest BCUT2D eigenvalue weighted by atomic mass is 32.2. The largest absolute Gasteiger partial charge is 0.381 e. The Morgan fingerprint density at radius 1 is 1.25 bits per heavy atom. The number of fused-ring (bicyclic) bond motifs is 1. The number of benzene rings is 1. The molecule has 0 fully saturated rings. The maximum atomic E-state index is 11.8. The molecular weight excluding hydrogens is 224 g/mol. The van der Waals surface area contributed by atoms with Gasteiger partial charge in [-0.1, -0.05) is 26.0 Å². The van der Waals surface area contributed by atoms with E-state index in [1.807, 2.05) is 12.1 Å². The first kappa shape index (κ1) is 11.5. The van der Waals surface area contributed by atoms with E-state index in [0.29, 0.717) is 11.7 Å². The maximum Gasteiger partial charge on any atom is 0.318 e. The molecule has 1 aromatic carbocycles. The summed E-state index contributed by atoms with van der Waals surface area (Å²) in [4.78, 5) is 0. The van der Waals surface area contributed by atoms with Gasteiger partial charge in [-0.3, -0.25) is 0 Å². The van der Waals surface area contributed by atoms with E-state index in [0.717, 1.165) is 11.1 Å². The molecule has 0 saturated carbocycles. The molecule has 0 bridgehead atoms. The summed E-state index contributed by atoms with van der Waals surface area (Å²) in [6.07, 6.45) is 0. The first-order chi connectivity index (χ1) is 7.25. The summed E-state index contributed by atoms with van der Waals surface area (Å²) >= 11 is 0. The standard InChI is InChI=1S/C12H16O3S/c1-8(2)9-5-6-11-10(7-9)12(3,4)16(13,14)15-11/h5-8H,1-4H3. The fraction of sp³-hybridized carbons (Fsp3) is 0.500. The first-order valence-corrected chi connectivity index (χ1v) is 6.75. The molecule has 0 saturated heterocycles. The zero-order chi connectivity index (χ0) is 12.1. The monoisotopic (exact) mass is 240 g/mol. The van der Waals surface area contributed by atoms with Crippen molar-refractivity contribution >= 4 is 10.1 Å². The fourth-order valence-corrected chi connectivity index (χ4v) is 2.83. The summed E-state index contributed by atoms with van der Waals surface area (Å²) in [5.74, 6) is 0.846. The molecule has 4 heteroatoms. The average Bonchev–Trinajstić information content (AvgIpc) is 2.33. The second-order valence-electron chi connectivity index (χ2n) is 4.96. The normalized spacial score (nSPS) is 20.6. The zero-order valence-electron chi connectivity index (χ0n) is 9.94. The lowest BCUT2D eigenvalue weighted by Crippen LogP contribution is -2.26. The van der Waals surface area contributed by atoms with Gasteiger partial charge in [-0.25, -0.2) is 0 Å². The molecule has 0 atom stereocenters. The van der Waals surface area contributed by atoms with Gasteiger partial charge in [-0.2, -0.15) is 8.42 Å². The number of hydrogen-bond donors (Lipinski definition) is 0. The van der Waals surface area contributed by atoms with Gasteiger partial charge >= 0.3 is 10.1 Å². The summed E-state index contributed by atoms with van der Waals surface area (Å²) in [6.45, 7) is 7.52. The van der Waals surface area contributed by atoms with Crippen LogP contribution in [0.25, 0.3) is 0 Å². The Balaban J connectivity index is 2.64. The van der Waals surface area contributed by atoms with E-state index in [4.69, 9.17) is 4.18 Å². The molecular formula is C12H16O3S. The highest BCUT2D eigenvalue weighted by molar-refractivity contribution is 7.88. The van der Waals surface area contributed by atoms with Gasteiger partial charge < -0.3 is 4.18 Å². The molecule has 0 aliphatic carbocycles. The molecule has 0 unspecified atom stereocenters. The summed E-state index contributed by atoms with van der Waals surface area (Å²) in [7, 11) is -3.53. The predicted molar refractivity (Wildman–Crippen MR) is 63.1 cm³/mol. The second-order valence-corrected chi connectivity index (χ2v) is 7.05. The van der Waals surface area contributed by atoms with Crippen molar-refractivity contribution in [1.82, 2.24) is 0 Å². The Labute approximate surface area is 96.6 Å². The Morgan fingerprint density at radius 3 is 2.44 bits per heavy atom. The Bertz CT molecular complexity index is 527. The highest BCUT2D eigenvalue weighted by Crippen LogP contribution is 2.45. The third-order valence-electron chi connectivity index (χ3n) is 3.14. The summed E-state index contributed by atoms with van der Waals surface area (Å²) < 4.78 is 27.7. The van der Waals surface area contributed by atoms with Crippen LogP contribution in [-0.4, -0.2) is 8.42 Å². The van der Waals surface area contributed by atoms with Crippen LogP contribution in [0, 0.1) is 0 Å². The van der Waals surface area contributed by atoms with E-state index >= 15 is 0 Å². The minimum absolute atomic E-state index is 0.379. The zero-order valence-corrected chi connectivity index (χ0v) is 10.8. The molecule has 1 heterocycles. The minimum Gasteiger partial charge on any atom is -0.381 e. The van der Waals surface area contributed by atoms with Crippen LogP contribution in [0.5, 0.6) is 5.75 Å². The minimum atomic E-state index is -3.53. The van der Waals surface area contributed by atoms with Crippen molar-refractivity contribution in [2.45, 2.75) is 38.4 Å². The van der Waals surface area contributed by atoms with Crippen molar-refractivity contribution in [1.29, 1.82) is 0 Å². The van der Waals surface area contributed by atoms with Crippen LogP contribution in [-0.2, 0) is 14.9 Å². The third kappa shape index (κ3) is 1.44. The van der Waals surface area contributed by atoms with Crippen molar-refractivity contribution in [3.8, 4) is 5.75 Å². The molecule has 0 aromatic heterocycles. The van der Waals surface area contributed by atoms with Crippen LogP contribution in [0.1, 0.15) is 44.7 Å². The van der Waals surface area contributed by atoms with E-state index in [1.165, 1.54) is 0 Å². The van der Waals surface area contributed by atoms with Crippen LogP contribution in [0.3, 0.4) is 0 Å². The molecule has 16 heavy (non-hydrogen) atoms. The van der Waals surface area contributed by atoms with Crippen LogP contribution in [0.2, 0.25) is 0 Å². The quantitative estimate of drug-likeness (QED) is 0.709. The van der Waals surface area contributed by atoms with Gasteiger partial charge in [0.1, 0.15) is 10.5 Å². The lowest BCUT2D eigenvalue weighted by atomic mass is 9.94. The Kier molecular flexibility index (Phi) is 2.31. The predicted octanol–water partition coefficient (Wildman–Crippen LogP) is 2.77. The molecule has 3 nitrogen and oxygen atoms in total. The van der Waals surface area contributed by atoms with E-state index in [-0.39, 0.29) is 0 Å². The molecule has 1 aromatic rings. The molecule has 1 aliphatic rings. The second kappa shape index (κ2) is 3.23.